The molecule has 2 heterocycles. The van der Waals surface area contributed by atoms with Gasteiger partial charge < -0.3 is 19.7 Å². The van der Waals surface area contributed by atoms with Crippen molar-refractivity contribution >= 4 is 17.5 Å². The number of nitrogens with zero attached hydrogens (tertiary/aromatic N) is 2. The van der Waals surface area contributed by atoms with Crippen molar-refractivity contribution in [3.63, 3.8) is 0 Å². The van der Waals surface area contributed by atoms with Gasteiger partial charge >= 0.3 is 0 Å². The molecule has 3 aromatic rings. The number of carbonyl (C=O) groups is 2. The van der Waals surface area contributed by atoms with Crippen LogP contribution in [0.4, 0.5) is 5.69 Å². The monoisotopic (exact) mass is 445 g/mol. The van der Waals surface area contributed by atoms with Gasteiger partial charge in [-0.15, -0.1) is 0 Å². The molecule has 1 atom stereocenters. The van der Waals surface area contributed by atoms with Crippen molar-refractivity contribution in [1.82, 2.24) is 9.88 Å². The number of amides is 2. The van der Waals surface area contributed by atoms with Crippen LogP contribution in [0.15, 0.2) is 72.9 Å². The summed E-state index contributed by atoms with van der Waals surface area (Å²) >= 11 is 0. The molecule has 7 heteroatoms. The van der Waals surface area contributed by atoms with E-state index in [0.29, 0.717) is 49.9 Å². The molecule has 0 saturated carbocycles. The van der Waals surface area contributed by atoms with Gasteiger partial charge in [0.25, 0.3) is 5.91 Å². The van der Waals surface area contributed by atoms with Gasteiger partial charge in [0, 0.05) is 31.0 Å². The second-order valence-corrected chi connectivity index (χ2v) is 7.88. The third-order valence-electron chi connectivity index (χ3n) is 5.50. The van der Waals surface area contributed by atoms with Crippen molar-refractivity contribution in [2.45, 2.75) is 19.4 Å². The Balaban J connectivity index is 1.30. The standard InChI is InChI=1S/C26H27N3O4/c1-19(21-5-3-2-4-6-21)33-24-12-9-22(18-27-24)26(31)28-23-10-7-20(8-11-23)17-25(30)29-13-15-32-16-14-29/h2-12,18-19H,13-17H2,1H3,(H,28,31). The van der Waals surface area contributed by atoms with Gasteiger partial charge in [-0.05, 0) is 36.2 Å². The smallest absolute Gasteiger partial charge is 0.257 e. The maximum atomic E-state index is 12.6. The lowest BCUT2D eigenvalue weighted by Crippen LogP contribution is -2.41. The number of pyridine rings is 1. The zero-order valence-corrected chi connectivity index (χ0v) is 18.6. The van der Waals surface area contributed by atoms with E-state index in [9.17, 15) is 9.59 Å². The first kappa shape index (κ1) is 22.5. The van der Waals surface area contributed by atoms with Crippen molar-refractivity contribution in [2.75, 3.05) is 31.6 Å². The molecule has 1 aliphatic rings. The summed E-state index contributed by atoms with van der Waals surface area (Å²) in [5.41, 5.74) is 3.04. The summed E-state index contributed by atoms with van der Waals surface area (Å²) in [7, 11) is 0. The Kier molecular flexibility index (Phi) is 7.32. The van der Waals surface area contributed by atoms with Crippen LogP contribution in [0.1, 0.15) is 34.5 Å². The number of benzene rings is 2. The van der Waals surface area contributed by atoms with E-state index in [4.69, 9.17) is 9.47 Å². The predicted molar refractivity (Wildman–Crippen MR) is 125 cm³/mol. The summed E-state index contributed by atoms with van der Waals surface area (Å²) in [6, 6.07) is 20.6. The summed E-state index contributed by atoms with van der Waals surface area (Å²) in [6.45, 7) is 4.40. The largest absolute Gasteiger partial charge is 0.470 e. The molecule has 4 rings (SSSR count). The minimum Gasteiger partial charge on any atom is -0.470 e. The summed E-state index contributed by atoms with van der Waals surface area (Å²) in [5.74, 6) is 0.282. The van der Waals surface area contributed by atoms with Crippen LogP contribution >= 0.6 is 0 Å². The Morgan fingerprint density at radius 1 is 1.03 bits per heavy atom. The zero-order chi connectivity index (χ0) is 23.0. The minimum absolute atomic E-state index is 0.0880. The Hall–Kier alpha value is -3.71. The molecule has 33 heavy (non-hydrogen) atoms. The fraction of sp³-hybridized carbons (Fsp3) is 0.269. The molecule has 1 saturated heterocycles. The van der Waals surface area contributed by atoms with E-state index in [1.54, 1.807) is 24.3 Å². The van der Waals surface area contributed by atoms with E-state index in [2.05, 4.69) is 10.3 Å². The highest BCUT2D eigenvalue weighted by Crippen LogP contribution is 2.20. The van der Waals surface area contributed by atoms with Crippen molar-refractivity contribution in [2.24, 2.45) is 0 Å². The summed E-state index contributed by atoms with van der Waals surface area (Å²) < 4.78 is 11.1. The van der Waals surface area contributed by atoms with Gasteiger partial charge in [0.1, 0.15) is 6.10 Å². The Morgan fingerprint density at radius 2 is 1.76 bits per heavy atom. The first-order valence-electron chi connectivity index (χ1n) is 11.0. The van der Waals surface area contributed by atoms with Gasteiger partial charge in [0.2, 0.25) is 11.8 Å². The SMILES string of the molecule is CC(Oc1ccc(C(=O)Nc2ccc(CC(=O)N3CCOCC3)cc2)cn1)c1ccccc1. The van der Waals surface area contributed by atoms with E-state index in [1.165, 1.54) is 6.20 Å². The number of carbonyl (C=O) groups excluding carboxylic acids is 2. The highest BCUT2D eigenvalue weighted by molar-refractivity contribution is 6.04. The Labute approximate surface area is 193 Å². The van der Waals surface area contributed by atoms with Crippen LogP contribution < -0.4 is 10.1 Å². The third-order valence-corrected chi connectivity index (χ3v) is 5.50. The van der Waals surface area contributed by atoms with Crippen molar-refractivity contribution in [3.05, 3.63) is 89.6 Å². The molecule has 7 nitrogen and oxygen atoms in total. The Bertz CT molecular complexity index is 1060. The predicted octanol–water partition coefficient (Wildman–Crippen LogP) is 3.88. The molecule has 1 aromatic heterocycles. The molecule has 0 radical (unpaired) electrons. The number of anilines is 1. The summed E-state index contributed by atoms with van der Waals surface area (Å²) in [5, 5.41) is 2.86. The van der Waals surface area contributed by atoms with Gasteiger partial charge in [-0.3, -0.25) is 9.59 Å². The van der Waals surface area contributed by atoms with Gasteiger partial charge in [0.05, 0.1) is 25.2 Å². The van der Waals surface area contributed by atoms with Crippen LogP contribution in [0.5, 0.6) is 5.88 Å². The highest BCUT2D eigenvalue weighted by atomic mass is 16.5. The average molecular weight is 446 g/mol. The van der Waals surface area contributed by atoms with Crippen LogP contribution in [0.2, 0.25) is 0 Å². The lowest BCUT2D eigenvalue weighted by molar-refractivity contribution is -0.134. The molecular formula is C26H27N3O4. The fourth-order valence-electron chi connectivity index (χ4n) is 3.57. The number of aromatic nitrogens is 1. The molecule has 2 aromatic carbocycles. The first-order valence-corrected chi connectivity index (χ1v) is 11.0. The zero-order valence-electron chi connectivity index (χ0n) is 18.6. The van der Waals surface area contributed by atoms with E-state index in [-0.39, 0.29) is 17.9 Å². The fourth-order valence-corrected chi connectivity index (χ4v) is 3.57. The van der Waals surface area contributed by atoms with Crippen LogP contribution in [0.3, 0.4) is 0 Å². The highest BCUT2D eigenvalue weighted by Gasteiger charge is 2.17. The normalized spacial score (nSPS) is 14.4. The van der Waals surface area contributed by atoms with Crippen LogP contribution in [-0.4, -0.2) is 48.0 Å². The van der Waals surface area contributed by atoms with E-state index in [0.717, 1.165) is 11.1 Å². The minimum atomic E-state index is -0.262. The maximum absolute atomic E-state index is 12.6. The van der Waals surface area contributed by atoms with Gasteiger partial charge in [-0.1, -0.05) is 42.5 Å². The lowest BCUT2D eigenvalue weighted by Gasteiger charge is -2.26. The van der Waals surface area contributed by atoms with E-state index >= 15 is 0 Å². The molecule has 0 spiro atoms. The maximum Gasteiger partial charge on any atom is 0.257 e. The molecule has 0 bridgehead atoms. The molecule has 1 aliphatic heterocycles. The lowest BCUT2D eigenvalue weighted by atomic mass is 10.1. The van der Waals surface area contributed by atoms with Gasteiger partial charge in [0.15, 0.2) is 0 Å². The molecule has 0 aliphatic carbocycles. The molecule has 2 amide bonds. The number of hydrogen-bond acceptors (Lipinski definition) is 5. The van der Waals surface area contributed by atoms with Crippen LogP contribution in [0, 0.1) is 0 Å². The summed E-state index contributed by atoms with van der Waals surface area (Å²) in [4.78, 5) is 31.0. The van der Waals surface area contributed by atoms with Crippen molar-refractivity contribution < 1.29 is 19.1 Å². The van der Waals surface area contributed by atoms with Gasteiger partial charge in [-0.2, -0.15) is 0 Å². The molecule has 170 valence electrons. The topological polar surface area (TPSA) is 80.8 Å². The van der Waals surface area contributed by atoms with E-state index in [1.807, 2.05) is 54.3 Å². The molecule has 1 N–H and O–H groups in total. The van der Waals surface area contributed by atoms with Crippen LogP contribution in [0.25, 0.3) is 0 Å². The second kappa shape index (κ2) is 10.7. The summed E-state index contributed by atoms with van der Waals surface area (Å²) in [6.07, 6.45) is 1.69. The molecule has 1 unspecified atom stereocenters. The average Bonchev–Trinajstić information content (AvgIpc) is 2.86. The van der Waals surface area contributed by atoms with Gasteiger partial charge in [-0.25, -0.2) is 4.98 Å². The van der Waals surface area contributed by atoms with Crippen molar-refractivity contribution in [3.8, 4) is 5.88 Å². The van der Waals surface area contributed by atoms with Crippen molar-refractivity contribution in [1.29, 1.82) is 0 Å². The second-order valence-electron chi connectivity index (χ2n) is 7.88. The number of nitrogens with one attached hydrogen (secondary N) is 1. The number of hydrogen-bond donors (Lipinski definition) is 1. The third kappa shape index (κ3) is 6.17. The van der Waals surface area contributed by atoms with E-state index < -0.39 is 0 Å². The number of ether oxygens (including phenoxy) is 2. The van der Waals surface area contributed by atoms with Crippen LogP contribution in [-0.2, 0) is 16.0 Å². The molecule has 1 fully saturated rings. The first-order chi connectivity index (χ1) is 16.1. The Morgan fingerprint density at radius 3 is 2.42 bits per heavy atom. The number of rotatable bonds is 7. The quantitative estimate of drug-likeness (QED) is 0.597. The molecular weight excluding hydrogens is 418 g/mol. The number of morpholine rings is 1.